The molecule has 0 spiro atoms. The van der Waals surface area contributed by atoms with Crippen LogP contribution < -0.4 is 0 Å². The van der Waals surface area contributed by atoms with Crippen molar-refractivity contribution in [2.75, 3.05) is 0 Å². The van der Waals surface area contributed by atoms with Gasteiger partial charge in [0.2, 0.25) is 0 Å². The van der Waals surface area contributed by atoms with Gasteiger partial charge in [0.1, 0.15) is 0 Å². The first kappa shape index (κ1) is 22.8. The van der Waals surface area contributed by atoms with E-state index in [0.29, 0.717) is 12.8 Å². The smallest absolute Gasteiger partial charge is 0.167 e. The first-order valence-corrected chi connectivity index (χ1v) is 12.0. The van der Waals surface area contributed by atoms with Gasteiger partial charge in [-0.25, -0.2) is 0 Å². The van der Waals surface area contributed by atoms with Crippen molar-refractivity contribution in [2.24, 2.45) is 0 Å². The molecule has 0 fully saturated rings. The second-order valence-corrected chi connectivity index (χ2v) is 9.68. The van der Waals surface area contributed by atoms with E-state index < -0.39 is 0 Å². The van der Waals surface area contributed by atoms with E-state index in [1.54, 1.807) is 0 Å². The summed E-state index contributed by atoms with van der Waals surface area (Å²) in [5, 5.41) is 2.24. The van der Waals surface area contributed by atoms with Gasteiger partial charge in [-0.2, -0.15) is 0 Å². The second kappa shape index (κ2) is 8.99. The number of benzene rings is 4. The number of aryl methyl sites for hydroxylation is 4. The van der Waals surface area contributed by atoms with Crippen molar-refractivity contribution in [3.63, 3.8) is 0 Å². The number of carbonyl (C=O) groups excluding carboxylic acids is 2. The highest BCUT2D eigenvalue weighted by atomic mass is 16.1. The molecule has 3 heteroatoms. The first-order valence-electron chi connectivity index (χ1n) is 12.0. The number of fused-ring (bicyclic) bond motifs is 3. The van der Waals surface area contributed by atoms with Crippen molar-refractivity contribution in [3.8, 4) is 0 Å². The fraction of sp³-hybridized carbons (Fsp3) is 0.188. The first-order chi connectivity index (χ1) is 16.8. The lowest BCUT2D eigenvalue weighted by molar-refractivity contribution is 0.0984. The molecule has 0 bridgehead atoms. The normalized spacial score (nSPS) is 11.3. The molecule has 0 saturated carbocycles. The Bertz CT molecular complexity index is 1500. The van der Waals surface area contributed by atoms with Crippen LogP contribution in [0.4, 0.5) is 0 Å². The van der Waals surface area contributed by atoms with Gasteiger partial charge < -0.3 is 4.98 Å². The summed E-state index contributed by atoms with van der Waals surface area (Å²) in [6.45, 7) is 8.18. The van der Waals surface area contributed by atoms with Gasteiger partial charge in [-0.3, -0.25) is 9.59 Å². The second-order valence-electron chi connectivity index (χ2n) is 9.68. The van der Waals surface area contributed by atoms with E-state index in [2.05, 4.69) is 43.1 Å². The molecule has 3 nitrogen and oxygen atoms in total. The van der Waals surface area contributed by atoms with Gasteiger partial charge in [0, 0.05) is 45.8 Å². The van der Waals surface area contributed by atoms with Gasteiger partial charge in [-0.05, 0) is 85.3 Å². The molecule has 174 valence electrons. The molecular weight excluding hydrogens is 430 g/mol. The Morgan fingerprint density at radius 2 is 0.971 bits per heavy atom. The van der Waals surface area contributed by atoms with Crippen molar-refractivity contribution in [3.05, 3.63) is 117 Å². The van der Waals surface area contributed by atoms with Crippen molar-refractivity contribution in [1.29, 1.82) is 0 Å². The molecule has 0 radical (unpaired) electrons. The Kier molecular flexibility index (Phi) is 5.86. The fourth-order valence-electron chi connectivity index (χ4n) is 4.63. The molecule has 1 heterocycles. The van der Waals surface area contributed by atoms with E-state index in [1.165, 1.54) is 11.1 Å². The van der Waals surface area contributed by atoms with Crippen LogP contribution in [0.15, 0.2) is 72.8 Å². The van der Waals surface area contributed by atoms with E-state index in [0.717, 1.165) is 55.2 Å². The van der Waals surface area contributed by atoms with Gasteiger partial charge in [0.25, 0.3) is 0 Å². The third kappa shape index (κ3) is 4.54. The highest BCUT2D eigenvalue weighted by molar-refractivity contribution is 6.08. The van der Waals surface area contributed by atoms with Crippen LogP contribution in [0, 0.1) is 27.7 Å². The number of Topliss-reactive ketones (excluding diaryl/α,β-unsaturated/α-hetero) is 2. The molecule has 0 aliphatic heterocycles. The third-order valence-corrected chi connectivity index (χ3v) is 7.11. The zero-order valence-electron chi connectivity index (χ0n) is 20.7. The standard InChI is InChI=1S/C32H29NO2/c1-19-5-9-25(13-21(19)3)31(34)17-23-7-11-27-28-12-8-24(16-30(28)33-29(27)15-23)18-32(35)26-10-6-20(2)22(4)14-26/h5-16,33H,17-18H2,1-4H3. The lowest BCUT2D eigenvalue weighted by Crippen LogP contribution is -2.04. The molecule has 0 aliphatic rings. The Morgan fingerprint density at radius 1 is 0.543 bits per heavy atom. The van der Waals surface area contributed by atoms with Crippen LogP contribution in [-0.2, 0) is 12.8 Å². The SMILES string of the molecule is Cc1ccc(C(=O)Cc2ccc3c(c2)[nH]c2cc(CC(=O)c4ccc(C)c(C)c4)ccc23)cc1C. The molecule has 1 aromatic heterocycles. The summed E-state index contributed by atoms with van der Waals surface area (Å²) in [4.78, 5) is 29.2. The van der Waals surface area contributed by atoms with Crippen LogP contribution in [0.1, 0.15) is 54.1 Å². The molecule has 5 rings (SSSR count). The van der Waals surface area contributed by atoms with Crippen LogP contribution in [0.25, 0.3) is 21.8 Å². The highest BCUT2D eigenvalue weighted by Crippen LogP contribution is 2.28. The topological polar surface area (TPSA) is 49.9 Å². The molecule has 5 aromatic rings. The monoisotopic (exact) mass is 459 g/mol. The predicted octanol–water partition coefficient (Wildman–Crippen LogP) is 7.41. The molecular formula is C32H29NO2. The van der Waals surface area contributed by atoms with Crippen molar-refractivity contribution < 1.29 is 9.59 Å². The minimum absolute atomic E-state index is 0.121. The number of ketones is 2. The lowest BCUT2D eigenvalue weighted by Gasteiger charge is -2.05. The molecule has 0 amide bonds. The lowest BCUT2D eigenvalue weighted by atomic mass is 9.98. The van der Waals surface area contributed by atoms with Crippen LogP contribution in [0.3, 0.4) is 0 Å². The predicted molar refractivity (Wildman–Crippen MR) is 144 cm³/mol. The Balaban J connectivity index is 1.39. The van der Waals surface area contributed by atoms with Gasteiger partial charge in [0.05, 0.1) is 0 Å². The van der Waals surface area contributed by atoms with Crippen molar-refractivity contribution >= 4 is 33.4 Å². The molecule has 0 unspecified atom stereocenters. The van der Waals surface area contributed by atoms with Crippen molar-refractivity contribution in [1.82, 2.24) is 4.98 Å². The molecule has 0 saturated heterocycles. The summed E-state index contributed by atoms with van der Waals surface area (Å²) in [6, 6.07) is 24.1. The summed E-state index contributed by atoms with van der Waals surface area (Å²) in [5.74, 6) is 0.242. The molecule has 0 atom stereocenters. The minimum atomic E-state index is 0.121. The van der Waals surface area contributed by atoms with Gasteiger partial charge in [-0.1, -0.05) is 48.5 Å². The van der Waals surface area contributed by atoms with Crippen LogP contribution in [-0.4, -0.2) is 16.6 Å². The zero-order valence-corrected chi connectivity index (χ0v) is 20.7. The fourth-order valence-corrected chi connectivity index (χ4v) is 4.63. The number of aromatic nitrogens is 1. The highest BCUT2D eigenvalue weighted by Gasteiger charge is 2.13. The molecule has 0 aliphatic carbocycles. The molecule has 1 N–H and O–H groups in total. The average Bonchev–Trinajstić information content (AvgIpc) is 3.19. The third-order valence-electron chi connectivity index (χ3n) is 7.11. The Hall–Kier alpha value is -3.98. The number of hydrogen-bond acceptors (Lipinski definition) is 2. The Labute approximate surface area is 205 Å². The molecule has 4 aromatic carbocycles. The Morgan fingerprint density at radius 3 is 1.37 bits per heavy atom. The number of rotatable bonds is 6. The number of hydrogen-bond donors (Lipinski definition) is 1. The van der Waals surface area contributed by atoms with E-state index in [9.17, 15) is 9.59 Å². The molecule has 35 heavy (non-hydrogen) atoms. The quantitative estimate of drug-likeness (QED) is 0.269. The van der Waals surface area contributed by atoms with Gasteiger partial charge in [-0.15, -0.1) is 0 Å². The van der Waals surface area contributed by atoms with Crippen LogP contribution in [0.2, 0.25) is 0 Å². The maximum absolute atomic E-state index is 12.8. The maximum atomic E-state index is 12.8. The summed E-state index contributed by atoms with van der Waals surface area (Å²) in [5.41, 5.74) is 10.1. The van der Waals surface area contributed by atoms with Crippen LogP contribution >= 0.6 is 0 Å². The minimum Gasteiger partial charge on any atom is -0.354 e. The summed E-state index contributed by atoms with van der Waals surface area (Å²) >= 11 is 0. The van der Waals surface area contributed by atoms with Crippen molar-refractivity contribution in [2.45, 2.75) is 40.5 Å². The van der Waals surface area contributed by atoms with Gasteiger partial charge in [0.15, 0.2) is 11.6 Å². The van der Waals surface area contributed by atoms with Gasteiger partial charge >= 0.3 is 0 Å². The zero-order chi connectivity index (χ0) is 24.7. The van der Waals surface area contributed by atoms with Crippen LogP contribution in [0.5, 0.6) is 0 Å². The van der Waals surface area contributed by atoms with E-state index in [4.69, 9.17) is 0 Å². The average molecular weight is 460 g/mol. The summed E-state index contributed by atoms with van der Waals surface area (Å²) < 4.78 is 0. The number of aromatic amines is 1. The number of nitrogens with one attached hydrogen (secondary N) is 1. The summed E-state index contributed by atoms with van der Waals surface area (Å²) in [6.07, 6.45) is 0.729. The van der Waals surface area contributed by atoms with E-state index in [1.807, 2.05) is 62.4 Å². The maximum Gasteiger partial charge on any atom is 0.167 e. The van der Waals surface area contributed by atoms with E-state index >= 15 is 0 Å². The number of H-pyrrole nitrogens is 1. The largest absolute Gasteiger partial charge is 0.354 e. The van der Waals surface area contributed by atoms with E-state index in [-0.39, 0.29) is 11.6 Å². The number of carbonyl (C=O) groups is 2. The summed E-state index contributed by atoms with van der Waals surface area (Å²) in [7, 11) is 0.